The minimum Gasteiger partial charge on any atom is -0.397 e. The van der Waals surface area contributed by atoms with E-state index in [2.05, 4.69) is 10.9 Å². The van der Waals surface area contributed by atoms with Crippen LogP contribution in [0, 0.1) is 18.2 Å². The first-order chi connectivity index (χ1) is 12.7. The highest BCUT2D eigenvalue weighted by molar-refractivity contribution is 5.96. The van der Waals surface area contributed by atoms with Gasteiger partial charge in [0, 0.05) is 24.7 Å². The molecule has 0 aliphatic carbocycles. The summed E-state index contributed by atoms with van der Waals surface area (Å²) in [5.74, 6) is 0.990. The van der Waals surface area contributed by atoms with E-state index in [1.807, 2.05) is 0 Å². The van der Waals surface area contributed by atoms with Crippen molar-refractivity contribution in [2.75, 3.05) is 19.3 Å². The molecule has 0 unspecified atom stereocenters. The van der Waals surface area contributed by atoms with Gasteiger partial charge >= 0.3 is 0 Å². The van der Waals surface area contributed by atoms with E-state index in [0.717, 1.165) is 0 Å². The smallest absolute Gasteiger partial charge is 0.269 e. The third-order valence-corrected chi connectivity index (χ3v) is 3.97. The Morgan fingerprint density at radius 2 is 2.11 bits per heavy atom. The zero-order valence-corrected chi connectivity index (χ0v) is 14.6. The van der Waals surface area contributed by atoms with Gasteiger partial charge in [-0.05, 0) is 36.8 Å². The van der Waals surface area contributed by atoms with Crippen LogP contribution in [0.5, 0.6) is 0 Å². The molecule has 1 aromatic carbocycles. The highest BCUT2D eigenvalue weighted by Gasteiger charge is 2.26. The third-order valence-electron chi connectivity index (χ3n) is 3.97. The number of anilines is 1. The number of pyridine rings is 1. The van der Waals surface area contributed by atoms with Gasteiger partial charge in [-0.3, -0.25) is 9.59 Å². The molecule has 0 radical (unpaired) electrons. The molecule has 2 heterocycles. The average molecular weight is 370 g/mol. The van der Waals surface area contributed by atoms with E-state index in [9.17, 15) is 14.0 Å². The van der Waals surface area contributed by atoms with Gasteiger partial charge < -0.3 is 21.5 Å². The lowest BCUT2D eigenvalue weighted by atomic mass is 10.1. The van der Waals surface area contributed by atoms with E-state index in [1.165, 1.54) is 35.2 Å². The summed E-state index contributed by atoms with van der Waals surface area (Å²) in [4.78, 5) is 27.3. The molecule has 0 spiro atoms. The Labute approximate surface area is 155 Å². The number of benzene rings is 1. The van der Waals surface area contributed by atoms with Crippen LogP contribution in [0.3, 0.4) is 0 Å². The first-order valence-corrected chi connectivity index (χ1v) is 8.00. The number of nitrogens with two attached hydrogens (primary N) is 2. The number of primary amides is 1. The number of carbonyl (C=O) groups is 2. The van der Waals surface area contributed by atoms with Crippen LogP contribution in [-0.2, 0) is 4.79 Å². The van der Waals surface area contributed by atoms with Gasteiger partial charge in [0.1, 0.15) is 11.9 Å². The van der Waals surface area contributed by atoms with Gasteiger partial charge in [0.15, 0.2) is 5.69 Å². The molecule has 2 amide bonds. The van der Waals surface area contributed by atoms with Crippen molar-refractivity contribution in [3.8, 4) is 23.6 Å². The first kappa shape index (κ1) is 19.9. The zero-order chi connectivity index (χ0) is 20.1. The van der Waals surface area contributed by atoms with Gasteiger partial charge in [0.2, 0.25) is 0 Å². The van der Waals surface area contributed by atoms with Gasteiger partial charge in [-0.15, -0.1) is 6.42 Å². The number of carbonyl (C=O) groups excluding carboxylic acids is 2. The number of rotatable bonds is 2. The Bertz CT molecular complexity index is 912. The molecule has 140 valence electrons. The number of halogens is 1. The van der Waals surface area contributed by atoms with E-state index < -0.39 is 17.8 Å². The summed E-state index contributed by atoms with van der Waals surface area (Å²) < 4.78 is 13.8. The molecule has 1 aliphatic rings. The number of aromatic nitrogens is 1. The van der Waals surface area contributed by atoms with Crippen molar-refractivity contribution >= 4 is 17.5 Å². The normalized spacial score (nSPS) is 15.7. The van der Waals surface area contributed by atoms with Crippen LogP contribution in [0.4, 0.5) is 10.1 Å². The number of amides is 2. The van der Waals surface area contributed by atoms with Crippen LogP contribution >= 0.6 is 0 Å². The highest BCUT2D eigenvalue weighted by Crippen LogP contribution is 2.24. The van der Waals surface area contributed by atoms with E-state index in [4.69, 9.17) is 23.0 Å². The number of aliphatic hydroxyl groups is 1. The molecule has 1 atom stereocenters. The molecule has 1 fully saturated rings. The first-order valence-electron chi connectivity index (χ1n) is 8.00. The Kier molecular flexibility index (Phi) is 6.11. The quantitative estimate of drug-likeness (QED) is 0.674. The number of terminal acetylenes is 1. The predicted octanol–water partition coefficient (Wildman–Crippen LogP) is 0.760. The van der Waals surface area contributed by atoms with Crippen molar-refractivity contribution in [2.45, 2.75) is 12.5 Å². The fraction of sp³-hybridized carbons (Fsp3) is 0.211. The maximum absolute atomic E-state index is 13.8. The van der Waals surface area contributed by atoms with Crippen LogP contribution in [0.2, 0.25) is 0 Å². The maximum Gasteiger partial charge on any atom is 0.269 e. The molecule has 1 aliphatic heterocycles. The Morgan fingerprint density at radius 3 is 2.59 bits per heavy atom. The van der Waals surface area contributed by atoms with Crippen molar-refractivity contribution in [3.05, 3.63) is 47.4 Å². The second-order valence-electron chi connectivity index (χ2n) is 5.90. The SMILES string of the molecule is C#Cc1ccc(F)c(-c2ccc(N)c(C(N)=O)n2)c1.CN1CC[C@H](O)C1=O. The molecule has 7 nitrogen and oxygen atoms in total. The minimum absolute atomic E-state index is 0.0944. The van der Waals surface area contributed by atoms with Crippen LogP contribution < -0.4 is 11.5 Å². The van der Waals surface area contributed by atoms with Crippen LogP contribution in [0.25, 0.3) is 11.3 Å². The van der Waals surface area contributed by atoms with Crippen molar-refractivity contribution in [1.82, 2.24) is 9.88 Å². The lowest BCUT2D eigenvalue weighted by Gasteiger charge is -2.07. The second kappa shape index (κ2) is 8.29. The van der Waals surface area contributed by atoms with Crippen LogP contribution in [0.1, 0.15) is 22.5 Å². The van der Waals surface area contributed by atoms with Gasteiger partial charge in [-0.2, -0.15) is 0 Å². The molecule has 0 saturated carbocycles. The van der Waals surface area contributed by atoms with Gasteiger partial charge in [0.25, 0.3) is 11.8 Å². The molecule has 8 heteroatoms. The molecule has 2 aromatic rings. The monoisotopic (exact) mass is 370 g/mol. The van der Waals surface area contributed by atoms with E-state index in [0.29, 0.717) is 18.5 Å². The standard InChI is InChI=1S/C14H10FN3O.C5H9NO2/c1-2-8-3-4-10(15)9(7-8)12-6-5-11(16)13(18-12)14(17)19;1-6-3-2-4(7)5(6)8/h1,3-7H,16H2,(H2,17,19);4,7H,2-3H2,1H3/t;4-/m.0/s1. The number of hydrogen-bond donors (Lipinski definition) is 3. The lowest BCUT2D eigenvalue weighted by molar-refractivity contribution is -0.133. The van der Waals surface area contributed by atoms with E-state index in [-0.39, 0.29) is 28.5 Å². The zero-order valence-electron chi connectivity index (χ0n) is 14.6. The molecule has 27 heavy (non-hydrogen) atoms. The van der Waals surface area contributed by atoms with Crippen LogP contribution in [-0.4, -0.2) is 46.5 Å². The van der Waals surface area contributed by atoms with Crippen LogP contribution in [0.15, 0.2) is 30.3 Å². The highest BCUT2D eigenvalue weighted by atomic mass is 19.1. The van der Waals surface area contributed by atoms with E-state index in [1.54, 1.807) is 7.05 Å². The minimum atomic E-state index is -0.770. The number of hydrogen-bond acceptors (Lipinski definition) is 5. The molecular formula is C19H19FN4O3. The summed E-state index contributed by atoms with van der Waals surface area (Å²) in [6, 6.07) is 7.14. The van der Waals surface area contributed by atoms with E-state index >= 15 is 0 Å². The van der Waals surface area contributed by atoms with Crippen molar-refractivity contribution < 1.29 is 19.1 Å². The summed E-state index contributed by atoms with van der Waals surface area (Å²) in [7, 11) is 1.69. The fourth-order valence-electron chi connectivity index (χ4n) is 2.43. The number of likely N-dealkylation sites (tertiary alicyclic amines) is 1. The number of nitrogen functional groups attached to an aromatic ring is 1. The molecular weight excluding hydrogens is 351 g/mol. The fourth-order valence-corrected chi connectivity index (χ4v) is 2.43. The maximum atomic E-state index is 13.8. The molecule has 5 N–H and O–H groups in total. The Morgan fingerprint density at radius 1 is 1.41 bits per heavy atom. The molecule has 1 aromatic heterocycles. The van der Waals surface area contributed by atoms with Gasteiger partial charge in [-0.25, -0.2) is 9.37 Å². The topological polar surface area (TPSA) is 123 Å². The summed E-state index contributed by atoms with van der Waals surface area (Å²) in [6.45, 7) is 0.694. The second-order valence-corrected chi connectivity index (χ2v) is 5.90. The number of nitrogens with zero attached hydrogens (tertiary/aromatic N) is 2. The Hall–Kier alpha value is -3.44. The Balaban J connectivity index is 0.000000273. The van der Waals surface area contributed by atoms with Gasteiger partial charge in [-0.1, -0.05) is 5.92 Å². The van der Waals surface area contributed by atoms with Crippen molar-refractivity contribution in [1.29, 1.82) is 0 Å². The summed E-state index contributed by atoms with van der Waals surface area (Å²) in [6.07, 6.45) is 5.13. The summed E-state index contributed by atoms with van der Waals surface area (Å²) in [5.41, 5.74) is 11.7. The largest absolute Gasteiger partial charge is 0.397 e. The summed E-state index contributed by atoms with van der Waals surface area (Å²) in [5, 5.41) is 8.78. The summed E-state index contributed by atoms with van der Waals surface area (Å²) >= 11 is 0. The molecule has 0 bridgehead atoms. The average Bonchev–Trinajstić information content (AvgIpc) is 2.94. The predicted molar refractivity (Wildman–Crippen MR) is 98.8 cm³/mol. The lowest BCUT2D eigenvalue weighted by Crippen LogP contribution is -2.24. The number of likely N-dealkylation sites (N-methyl/N-ethyl adjacent to an activating group) is 1. The molecule has 3 rings (SSSR count). The number of aliphatic hydroxyl groups excluding tert-OH is 1. The van der Waals surface area contributed by atoms with Crippen molar-refractivity contribution in [2.24, 2.45) is 5.73 Å². The van der Waals surface area contributed by atoms with Gasteiger partial charge in [0.05, 0.1) is 11.4 Å². The van der Waals surface area contributed by atoms with Crippen molar-refractivity contribution in [3.63, 3.8) is 0 Å². The third kappa shape index (κ3) is 4.59. The molecule has 1 saturated heterocycles.